The van der Waals surface area contributed by atoms with E-state index in [9.17, 15) is 9.59 Å². The highest BCUT2D eigenvalue weighted by Crippen LogP contribution is 2.17. The Balaban J connectivity index is 2.88. The molecule has 1 aromatic rings. The largest absolute Gasteiger partial charge is 0.468 e. The van der Waals surface area contributed by atoms with Gasteiger partial charge in [-0.2, -0.15) is 5.26 Å². The summed E-state index contributed by atoms with van der Waals surface area (Å²) >= 11 is 0. The molecule has 0 bridgehead atoms. The topological polar surface area (TPSA) is 79.2 Å². The second-order valence-electron chi connectivity index (χ2n) is 4.43. The molecular weight excluding hydrogens is 244 g/mol. The lowest BCUT2D eigenvalue weighted by atomic mass is 9.95. The van der Waals surface area contributed by atoms with Gasteiger partial charge in [-0.05, 0) is 24.1 Å². The van der Waals surface area contributed by atoms with Crippen molar-refractivity contribution in [2.75, 3.05) is 12.4 Å². The Morgan fingerprint density at radius 2 is 2.05 bits per heavy atom. The van der Waals surface area contributed by atoms with Crippen molar-refractivity contribution in [3.05, 3.63) is 29.8 Å². The van der Waals surface area contributed by atoms with Crippen LogP contribution in [0.15, 0.2) is 24.3 Å². The first-order valence-electron chi connectivity index (χ1n) is 5.88. The number of amides is 1. The number of hydrogen-bond acceptors (Lipinski definition) is 4. The molecule has 0 aliphatic rings. The van der Waals surface area contributed by atoms with E-state index in [-0.39, 0.29) is 5.92 Å². The zero-order valence-electron chi connectivity index (χ0n) is 11.1. The van der Waals surface area contributed by atoms with Crippen molar-refractivity contribution in [1.82, 2.24) is 0 Å². The fourth-order valence-corrected chi connectivity index (χ4v) is 1.70. The van der Waals surface area contributed by atoms with Crippen LogP contribution in [0.2, 0.25) is 0 Å². The summed E-state index contributed by atoms with van der Waals surface area (Å²) in [6, 6.07) is 8.49. The second kappa shape index (κ2) is 6.55. The number of carbonyl (C=O) groups is 2. The van der Waals surface area contributed by atoms with Crippen LogP contribution in [-0.2, 0) is 14.3 Å². The van der Waals surface area contributed by atoms with Crippen molar-refractivity contribution in [3.8, 4) is 6.07 Å². The van der Waals surface area contributed by atoms with Crippen LogP contribution < -0.4 is 5.32 Å². The summed E-state index contributed by atoms with van der Waals surface area (Å²) < 4.78 is 4.63. The van der Waals surface area contributed by atoms with E-state index in [0.29, 0.717) is 11.3 Å². The summed E-state index contributed by atoms with van der Waals surface area (Å²) in [5, 5.41) is 11.4. The Labute approximate surface area is 112 Å². The highest BCUT2D eigenvalue weighted by molar-refractivity contribution is 6.05. The van der Waals surface area contributed by atoms with Crippen LogP contribution in [0.4, 0.5) is 5.69 Å². The molecule has 1 atom stereocenters. The number of methoxy groups -OCH3 is 1. The van der Waals surface area contributed by atoms with Crippen molar-refractivity contribution in [2.45, 2.75) is 13.8 Å². The molecule has 0 aliphatic heterocycles. The van der Waals surface area contributed by atoms with Crippen molar-refractivity contribution in [1.29, 1.82) is 5.26 Å². The van der Waals surface area contributed by atoms with Gasteiger partial charge in [0.25, 0.3) is 0 Å². The molecule has 19 heavy (non-hydrogen) atoms. The molecule has 0 radical (unpaired) electrons. The zero-order valence-corrected chi connectivity index (χ0v) is 11.1. The van der Waals surface area contributed by atoms with Crippen molar-refractivity contribution in [3.63, 3.8) is 0 Å². The van der Waals surface area contributed by atoms with Crippen molar-refractivity contribution >= 4 is 17.6 Å². The van der Waals surface area contributed by atoms with Gasteiger partial charge in [0.15, 0.2) is 0 Å². The van der Waals surface area contributed by atoms with E-state index in [0.717, 1.165) is 0 Å². The minimum atomic E-state index is -0.865. The fraction of sp³-hybridized carbons (Fsp3) is 0.357. The maximum atomic E-state index is 12.1. The Kier molecular flexibility index (Phi) is 5.07. The molecule has 5 heteroatoms. The number of carbonyl (C=O) groups excluding carboxylic acids is 2. The van der Waals surface area contributed by atoms with Crippen LogP contribution in [0.5, 0.6) is 0 Å². The van der Waals surface area contributed by atoms with Crippen LogP contribution in [0.1, 0.15) is 19.4 Å². The van der Waals surface area contributed by atoms with E-state index in [1.54, 1.807) is 38.1 Å². The number of benzene rings is 1. The average molecular weight is 260 g/mol. The quantitative estimate of drug-likeness (QED) is 0.662. The maximum absolute atomic E-state index is 12.1. The number of nitrogens with one attached hydrogen (secondary N) is 1. The van der Waals surface area contributed by atoms with Gasteiger partial charge in [-0.25, -0.2) is 0 Å². The molecule has 1 aromatic carbocycles. The molecule has 0 spiro atoms. The Morgan fingerprint density at radius 3 is 2.58 bits per heavy atom. The number of hydrogen-bond donors (Lipinski definition) is 1. The highest BCUT2D eigenvalue weighted by atomic mass is 16.5. The third-order valence-electron chi connectivity index (χ3n) is 2.66. The van der Waals surface area contributed by atoms with Gasteiger partial charge in [-0.3, -0.25) is 9.59 Å². The molecule has 1 N–H and O–H groups in total. The minimum Gasteiger partial charge on any atom is -0.468 e. The van der Waals surface area contributed by atoms with Gasteiger partial charge in [-0.1, -0.05) is 19.9 Å². The number of rotatable bonds is 4. The zero-order chi connectivity index (χ0) is 14.4. The predicted octanol–water partition coefficient (Wildman–Crippen LogP) is 1.94. The van der Waals surface area contributed by atoms with Crippen LogP contribution in [0, 0.1) is 23.2 Å². The van der Waals surface area contributed by atoms with E-state index in [4.69, 9.17) is 5.26 Å². The van der Waals surface area contributed by atoms with Gasteiger partial charge < -0.3 is 10.1 Å². The molecule has 0 aromatic heterocycles. The van der Waals surface area contributed by atoms with Gasteiger partial charge >= 0.3 is 5.97 Å². The van der Waals surface area contributed by atoms with E-state index < -0.39 is 17.8 Å². The van der Waals surface area contributed by atoms with Crippen LogP contribution in [0.25, 0.3) is 0 Å². The standard InChI is InChI=1S/C14H16N2O3/c1-9(2)12(14(18)19-3)13(17)16-11-6-4-5-10(7-11)8-15/h4-7,9,12H,1-3H3,(H,16,17). The van der Waals surface area contributed by atoms with E-state index in [1.165, 1.54) is 7.11 Å². The monoisotopic (exact) mass is 260 g/mol. The molecule has 5 nitrogen and oxygen atoms in total. The number of anilines is 1. The third-order valence-corrected chi connectivity index (χ3v) is 2.66. The van der Waals surface area contributed by atoms with Crippen LogP contribution >= 0.6 is 0 Å². The molecule has 0 saturated carbocycles. The molecule has 100 valence electrons. The lowest BCUT2D eigenvalue weighted by molar-refractivity contribution is -0.150. The first-order chi connectivity index (χ1) is 8.99. The molecule has 0 aliphatic carbocycles. The normalized spacial score (nSPS) is 11.5. The van der Waals surface area contributed by atoms with E-state index in [1.807, 2.05) is 6.07 Å². The average Bonchev–Trinajstić information content (AvgIpc) is 2.38. The smallest absolute Gasteiger partial charge is 0.318 e. The van der Waals surface area contributed by atoms with Gasteiger partial charge in [-0.15, -0.1) is 0 Å². The molecule has 0 heterocycles. The Morgan fingerprint density at radius 1 is 1.37 bits per heavy atom. The minimum absolute atomic E-state index is 0.174. The van der Waals surface area contributed by atoms with Crippen LogP contribution in [-0.4, -0.2) is 19.0 Å². The van der Waals surface area contributed by atoms with Crippen LogP contribution in [0.3, 0.4) is 0 Å². The third kappa shape index (κ3) is 3.81. The number of ether oxygens (including phenoxy) is 1. The molecule has 0 fully saturated rings. The first-order valence-corrected chi connectivity index (χ1v) is 5.88. The number of nitriles is 1. The predicted molar refractivity (Wildman–Crippen MR) is 70.1 cm³/mol. The van der Waals surface area contributed by atoms with Crippen molar-refractivity contribution < 1.29 is 14.3 Å². The first kappa shape index (κ1) is 14.7. The fourth-order valence-electron chi connectivity index (χ4n) is 1.70. The molecule has 1 amide bonds. The summed E-state index contributed by atoms with van der Waals surface area (Å²) in [6.45, 7) is 3.54. The van der Waals surface area contributed by atoms with E-state index >= 15 is 0 Å². The number of esters is 1. The highest BCUT2D eigenvalue weighted by Gasteiger charge is 2.30. The molecule has 1 unspecified atom stereocenters. The summed E-state index contributed by atoms with van der Waals surface area (Å²) in [6.07, 6.45) is 0. The van der Waals surface area contributed by atoms with Gasteiger partial charge in [0.05, 0.1) is 18.7 Å². The SMILES string of the molecule is COC(=O)C(C(=O)Nc1cccc(C#N)c1)C(C)C. The lowest BCUT2D eigenvalue weighted by Gasteiger charge is -2.17. The molecular formula is C14H16N2O3. The Bertz CT molecular complexity index is 518. The summed E-state index contributed by atoms with van der Waals surface area (Å²) in [4.78, 5) is 23.6. The van der Waals surface area contributed by atoms with Gasteiger partial charge in [0.1, 0.15) is 5.92 Å². The maximum Gasteiger partial charge on any atom is 0.318 e. The molecule has 0 saturated heterocycles. The van der Waals surface area contributed by atoms with Gasteiger partial charge in [0, 0.05) is 5.69 Å². The summed E-state index contributed by atoms with van der Waals surface area (Å²) in [5.41, 5.74) is 0.926. The molecule has 1 rings (SSSR count). The summed E-state index contributed by atoms with van der Waals surface area (Å²) in [7, 11) is 1.25. The summed E-state index contributed by atoms with van der Waals surface area (Å²) in [5.74, 6) is -2.04. The second-order valence-corrected chi connectivity index (χ2v) is 4.43. The van der Waals surface area contributed by atoms with Crippen molar-refractivity contribution in [2.24, 2.45) is 11.8 Å². The Hall–Kier alpha value is -2.35. The van der Waals surface area contributed by atoms with E-state index in [2.05, 4.69) is 10.1 Å². The van der Waals surface area contributed by atoms with Gasteiger partial charge in [0.2, 0.25) is 5.91 Å². The lowest BCUT2D eigenvalue weighted by Crippen LogP contribution is -2.34. The number of nitrogens with zero attached hydrogens (tertiary/aromatic N) is 1.